The molecule has 0 bridgehead atoms. The zero-order valence-electron chi connectivity index (χ0n) is 15.2. The molecule has 2 aromatic rings. The highest BCUT2D eigenvalue weighted by Gasteiger charge is 2.38. The van der Waals surface area contributed by atoms with Gasteiger partial charge in [-0.3, -0.25) is 9.10 Å². The third-order valence-corrected chi connectivity index (χ3v) is 7.14. The summed E-state index contributed by atoms with van der Waals surface area (Å²) in [6, 6.07) is 13.0. The molecule has 1 heterocycles. The molecule has 28 heavy (non-hydrogen) atoms. The summed E-state index contributed by atoms with van der Waals surface area (Å²) in [4.78, 5) is 12.9. The van der Waals surface area contributed by atoms with Crippen LogP contribution in [0.5, 0.6) is 5.75 Å². The van der Waals surface area contributed by atoms with Crippen molar-refractivity contribution >= 4 is 33.2 Å². The molecule has 0 radical (unpaired) electrons. The van der Waals surface area contributed by atoms with Gasteiger partial charge < -0.3 is 10.1 Å². The van der Waals surface area contributed by atoms with E-state index in [1.54, 1.807) is 36.4 Å². The molecule has 1 aliphatic heterocycles. The molecule has 0 spiro atoms. The molecule has 1 N–H and O–H groups in total. The number of anilines is 1. The van der Waals surface area contributed by atoms with Crippen molar-refractivity contribution < 1.29 is 17.9 Å². The molecule has 8 heteroatoms. The zero-order chi connectivity index (χ0) is 19.7. The smallest absolute Gasteiger partial charge is 0.264 e. The van der Waals surface area contributed by atoms with Crippen molar-refractivity contribution in [2.24, 2.45) is 0 Å². The molecule has 0 unspecified atom stereocenters. The van der Waals surface area contributed by atoms with Gasteiger partial charge in [0.15, 0.2) is 6.10 Å². The van der Waals surface area contributed by atoms with Crippen molar-refractivity contribution in [2.45, 2.75) is 42.7 Å². The summed E-state index contributed by atoms with van der Waals surface area (Å²) in [5.41, 5.74) is 0.335. The predicted octanol–water partition coefficient (Wildman–Crippen LogP) is 3.36. The van der Waals surface area contributed by atoms with E-state index in [9.17, 15) is 13.2 Å². The van der Waals surface area contributed by atoms with Crippen LogP contribution in [0.3, 0.4) is 0 Å². The van der Waals surface area contributed by atoms with Crippen LogP contribution in [-0.2, 0) is 14.8 Å². The van der Waals surface area contributed by atoms with E-state index in [1.807, 2.05) is 0 Å². The van der Waals surface area contributed by atoms with Crippen molar-refractivity contribution in [2.75, 3.05) is 10.8 Å². The lowest BCUT2D eigenvalue weighted by Crippen LogP contribution is -2.52. The number of halogens is 1. The van der Waals surface area contributed by atoms with Gasteiger partial charge in [0.1, 0.15) is 5.75 Å². The number of hydrogen-bond acceptors (Lipinski definition) is 4. The van der Waals surface area contributed by atoms with E-state index >= 15 is 0 Å². The van der Waals surface area contributed by atoms with Crippen LogP contribution in [0.25, 0.3) is 0 Å². The van der Waals surface area contributed by atoms with Gasteiger partial charge in [0.05, 0.1) is 17.1 Å². The maximum Gasteiger partial charge on any atom is 0.264 e. The molecule has 6 nitrogen and oxygen atoms in total. The molecule has 2 aromatic carbocycles. The first-order valence-corrected chi connectivity index (χ1v) is 11.1. The lowest BCUT2D eigenvalue weighted by atomic mass is 10.2. The van der Waals surface area contributed by atoms with Gasteiger partial charge in [0.25, 0.3) is 15.9 Å². The SMILES string of the molecule is O=C(NC1CCCC1)[C@@H]1CN(S(=O)(=O)c2ccccc2)c2cc(Cl)ccc2O1. The van der Waals surface area contributed by atoms with Gasteiger partial charge >= 0.3 is 0 Å². The van der Waals surface area contributed by atoms with Gasteiger partial charge in [0.2, 0.25) is 0 Å². The fourth-order valence-corrected chi connectivity index (χ4v) is 5.33. The summed E-state index contributed by atoms with van der Waals surface area (Å²) >= 11 is 6.09. The normalized spacial score (nSPS) is 19.8. The summed E-state index contributed by atoms with van der Waals surface area (Å²) < 4.78 is 33.6. The van der Waals surface area contributed by atoms with Gasteiger partial charge in [-0.2, -0.15) is 0 Å². The Hall–Kier alpha value is -2.25. The van der Waals surface area contributed by atoms with Gasteiger partial charge in [-0.15, -0.1) is 0 Å². The highest BCUT2D eigenvalue weighted by molar-refractivity contribution is 7.92. The molecule has 1 saturated carbocycles. The molecule has 0 saturated heterocycles. The van der Waals surface area contributed by atoms with Gasteiger partial charge in [-0.05, 0) is 43.2 Å². The fraction of sp³-hybridized carbons (Fsp3) is 0.350. The zero-order valence-corrected chi connectivity index (χ0v) is 16.7. The van der Waals surface area contributed by atoms with Crippen LogP contribution in [0.15, 0.2) is 53.4 Å². The van der Waals surface area contributed by atoms with Crippen LogP contribution in [0.4, 0.5) is 5.69 Å². The van der Waals surface area contributed by atoms with Crippen molar-refractivity contribution in [3.63, 3.8) is 0 Å². The Morgan fingerprint density at radius 3 is 2.54 bits per heavy atom. The minimum absolute atomic E-state index is 0.108. The van der Waals surface area contributed by atoms with E-state index in [0.717, 1.165) is 25.7 Å². The first-order chi connectivity index (χ1) is 13.4. The van der Waals surface area contributed by atoms with E-state index in [-0.39, 0.29) is 23.4 Å². The summed E-state index contributed by atoms with van der Waals surface area (Å²) in [5.74, 6) is 0.0301. The number of amides is 1. The average Bonchev–Trinajstić information content (AvgIpc) is 3.20. The van der Waals surface area contributed by atoms with Gasteiger partial charge in [-0.25, -0.2) is 8.42 Å². The van der Waals surface area contributed by atoms with Crippen LogP contribution in [0.2, 0.25) is 5.02 Å². The van der Waals surface area contributed by atoms with Crippen molar-refractivity contribution in [1.29, 1.82) is 0 Å². The molecule has 148 valence electrons. The number of nitrogens with one attached hydrogen (secondary N) is 1. The second-order valence-electron chi connectivity index (χ2n) is 7.06. The van der Waals surface area contributed by atoms with E-state index in [0.29, 0.717) is 16.5 Å². The molecule has 1 aliphatic carbocycles. The van der Waals surface area contributed by atoms with Crippen LogP contribution in [0, 0.1) is 0 Å². The minimum Gasteiger partial charge on any atom is -0.476 e. The Kier molecular flexibility index (Phi) is 5.21. The highest BCUT2D eigenvalue weighted by Crippen LogP contribution is 2.38. The van der Waals surface area contributed by atoms with Crippen LogP contribution >= 0.6 is 11.6 Å². The number of ether oxygens (including phenoxy) is 1. The largest absolute Gasteiger partial charge is 0.476 e. The molecular weight excluding hydrogens is 400 g/mol. The molecule has 1 fully saturated rings. The minimum atomic E-state index is -3.87. The lowest BCUT2D eigenvalue weighted by Gasteiger charge is -2.35. The molecule has 1 atom stereocenters. The number of hydrogen-bond donors (Lipinski definition) is 1. The number of sulfonamides is 1. The number of rotatable bonds is 4. The van der Waals surface area contributed by atoms with Gasteiger partial charge in [0, 0.05) is 11.1 Å². The first-order valence-electron chi connectivity index (χ1n) is 9.29. The quantitative estimate of drug-likeness (QED) is 0.822. The molecule has 2 aliphatic rings. The number of benzene rings is 2. The van der Waals surface area contributed by atoms with E-state index in [1.165, 1.54) is 16.4 Å². The number of nitrogens with zero attached hydrogens (tertiary/aromatic N) is 1. The van der Waals surface area contributed by atoms with Crippen LogP contribution in [-0.4, -0.2) is 33.0 Å². The maximum atomic E-state index is 13.3. The standard InChI is InChI=1S/C20H21ClN2O4S/c21-14-10-11-18-17(12-14)23(28(25,26)16-8-2-1-3-9-16)13-19(27-18)20(24)22-15-6-4-5-7-15/h1-3,8-12,15,19H,4-7,13H2,(H,22,24)/t19-/m0/s1. The second kappa shape index (κ2) is 7.64. The van der Waals surface area contributed by atoms with E-state index in [4.69, 9.17) is 16.3 Å². The van der Waals surface area contributed by atoms with Crippen molar-refractivity contribution in [3.05, 3.63) is 53.6 Å². The van der Waals surface area contributed by atoms with E-state index in [2.05, 4.69) is 5.32 Å². The second-order valence-corrected chi connectivity index (χ2v) is 9.36. The summed E-state index contributed by atoms with van der Waals surface area (Å²) in [5, 5.41) is 3.38. The number of carbonyl (C=O) groups excluding carboxylic acids is 1. The first kappa shape index (κ1) is 19.1. The molecule has 0 aromatic heterocycles. The van der Waals surface area contributed by atoms with Crippen molar-refractivity contribution in [3.8, 4) is 5.75 Å². The number of fused-ring (bicyclic) bond motifs is 1. The number of carbonyl (C=O) groups is 1. The topological polar surface area (TPSA) is 75.7 Å². The Balaban J connectivity index is 1.68. The monoisotopic (exact) mass is 420 g/mol. The molecular formula is C20H21ClN2O4S. The molecule has 4 rings (SSSR count). The third-order valence-electron chi connectivity index (χ3n) is 5.12. The van der Waals surface area contributed by atoms with Crippen LogP contribution < -0.4 is 14.4 Å². The fourth-order valence-electron chi connectivity index (χ4n) is 3.67. The Bertz CT molecular complexity index is 975. The summed E-state index contributed by atoms with van der Waals surface area (Å²) in [7, 11) is -3.87. The third kappa shape index (κ3) is 3.69. The Morgan fingerprint density at radius 2 is 1.82 bits per heavy atom. The average molecular weight is 421 g/mol. The maximum absolute atomic E-state index is 13.3. The van der Waals surface area contributed by atoms with Crippen LogP contribution in [0.1, 0.15) is 25.7 Å². The molecule has 1 amide bonds. The van der Waals surface area contributed by atoms with Gasteiger partial charge in [-0.1, -0.05) is 42.6 Å². The van der Waals surface area contributed by atoms with Crippen molar-refractivity contribution in [1.82, 2.24) is 5.32 Å². The summed E-state index contributed by atoms with van der Waals surface area (Å²) in [6.07, 6.45) is 3.14. The Morgan fingerprint density at radius 1 is 1.11 bits per heavy atom. The predicted molar refractivity (Wildman–Crippen MR) is 107 cm³/mol. The van der Waals surface area contributed by atoms with E-state index < -0.39 is 16.1 Å². The summed E-state index contributed by atoms with van der Waals surface area (Å²) in [6.45, 7) is -0.108. The Labute approximate surface area is 169 Å². The lowest BCUT2D eigenvalue weighted by molar-refractivity contribution is -0.128. The highest BCUT2D eigenvalue weighted by atomic mass is 35.5.